The van der Waals surface area contributed by atoms with Crippen molar-refractivity contribution in [2.75, 3.05) is 26.0 Å². The first-order valence-electron chi connectivity index (χ1n) is 5.50. The largest absolute Gasteiger partial charge is 0.508 e. The van der Waals surface area contributed by atoms with Crippen molar-refractivity contribution >= 4 is 11.6 Å². The minimum atomic E-state index is -0.268. The van der Waals surface area contributed by atoms with Crippen molar-refractivity contribution in [3.05, 3.63) is 23.8 Å². The molecule has 17 heavy (non-hydrogen) atoms. The van der Waals surface area contributed by atoms with Crippen LogP contribution in [-0.4, -0.2) is 31.3 Å². The van der Waals surface area contributed by atoms with Gasteiger partial charge in [0.25, 0.3) is 5.91 Å². The van der Waals surface area contributed by atoms with E-state index in [1.54, 1.807) is 7.11 Å². The van der Waals surface area contributed by atoms with E-state index >= 15 is 0 Å². The molecule has 5 nitrogen and oxygen atoms in total. The van der Waals surface area contributed by atoms with Crippen LogP contribution in [0.5, 0.6) is 5.75 Å². The average molecular weight is 238 g/mol. The molecule has 5 heteroatoms. The molecule has 1 aromatic rings. The third-order valence-electron chi connectivity index (χ3n) is 2.34. The number of hydrogen-bond acceptors (Lipinski definition) is 4. The molecule has 0 fully saturated rings. The second kappa shape index (κ2) is 6.75. The SMILES string of the molecule is COCCCCNC(=O)c1cc(O)ccc1N. The summed E-state index contributed by atoms with van der Waals surface area (Å²) < 4.78 is 4.90. The van der Waals surface area contributed by atoms with Crippen molar-refractivity contribution in [3.63, 3.8) is 0 Å². The van der Waals surface area contributed by atoms with Gasteiger partial charge in [0.2, 0.25) is 0 Å². The summed E-state index contributed by atoms with van der Waals surface area (Å²) in [6, 6.07) is 4.32. The summed E-state index contributed by atoms with van der Waals surface area (Å²) in [6.45, 7) is 1.25. The van der Waals surface area contributed by atoms with Gasteiger partial charge in [-0.3, -0.25) is 4.79 Å². The van der Waals surface area contributed by atoms with Crippen molar-refractivity contribution in [1.29, 1.82) is 0 Å². The molecule has 4 N–H and O–H groups in total. The normalized spacial score (nSPS) is 10.2. The lowest BCUT2D eigenvalue weighted by atomic mass is 10.1. The maximum atomic E-state index is 11.7. The lowest BCUT2D eigenvalue weighted by Gasteiger charge is -2.07. The summed E-state index contributed by atoms with van der Waals surface area (Å²) in [5.41, 5.74) is 6.31. The summed E-state index contributed by atoms with van der Waals surface area (Å²) in [5.74, 6) is -0.237. The highest BCUT2D eigenvalue weighted by molar-refractivity contribution is 5.99. The number of nitrogens with one attached hydrogen (secondary N) is 1. The fourth-order valence-electron chi connectivity index (χ4n) is 1.41. The molecule has 0 saturated carbocycles. The van der Waals surface area contributed by atoms with Gasteiger partial charge in [0.1, 0.15) is 5.75 Å². The van der Waals surface area contributed by atoms with Crippen LogP contribution < -0.4 is 11.1 Å². The summed E-state index contributed by atoms with van der Waals surface area (Å²) >= 11 is 0. The van der Waals surface area contributed by atoms with Crippen LogP contribution in [-0.2, 0) is 4.74 Å². The lowest BCUT2D eigenvalue weighted by Crippen LogP contribution is -2.25. The quantitative estimate of drug-likeness (QED) is 0.394. The van der Waals surface area contributed by atoms with Gasteiger partial charge in [-0.15, -0.1) is 0 Å². The third-order valence-corrected chi connectivity index (χ3v) is 2.34. The molecule has 0 bridgehead atoms. The van der Waals surface area contributed by atoms with E-state index in [-0.39, 0.29) is 11.7 Å². The average Bonchev–Trinajstić information content (AvgIpc) is 2.32. The highest BCUT2D eigenvalue weighted by Crippen LogP contribution is 2.18. The number of nitrogen functional groups attached to an aromatic ring is 1. The number of carbonyl (C=O) groups is 1. The number of phenols is 1. The lowest BCUT2D eigenvalue weighted by molar-refractivity contribution is 0.0952. The number of phenolic OH excluding ortho intramolecular Hbond substituents is 1. The van der Waals surface area contributed by atoms with Crippen LogP contribution in [0.15, 0.2) is 18.2 Å². The smallest absolute Gasteiger partial charge is 0.253 e. The number of hydrogen-bond donors (Lipinski definition) is 3. The molecule has 0 aromatic heterocycles. The van der Waals surface area contributed by atoms with Crippen LogP contribution in [0.25, 0.3) is 0 Å². The van der Waals surface area contributed by atoms with E-state index in [1.807, 2.05) is 0 Å². The first-order chi connectivity index (χ1) is 8.15. The van der Waals surface area contributed by atoms with Crippen molar-refractivity contribution in [2.24, 2.45) is 0 Å². The maximum Gasteiger partial charge on any atom is 0.253 e. The van der Waals surface area contributed by atoms with Crippen molar-refractivity contribution in [2.45, 2.75) is 12.8 Å². The summed E-state index contributed by atoms with van der Waals surface area (Å²) in [6.07, 6.45) is 1.74. The van der Waals surface area contributed by atoms with Crippen molar-refractivity contribution in [3.8, 4) is 5.75 Å². The van der Waals surface area contributed by atoms with E-state index in [2.05, 4.69) is 5.32 Å². The van der Waals surface area contributed by atoms with Gasteiger partial charge in [-0.05, 0) is 31.0 Å². The van der Waals surface area contributed by atoms with Crippen molar-refractivity contribution in [1.82, 2.24) is 5.32 Å². The zero-order valence-corrected chi connectivity index (χ0v) is 9.90. The first-order valence-corrected chi connectivity index (χ1v) is 5.50. The molecular formula is C12H18N2O3. The molecule has 0 heterocycles. The standard InChI is InChI=1S/C12H18N2O3/c1-17-7-3-2-6-14-12(16)10-8-9(15)4-5-11(10)13/h4-5,8,15H,2-3,6-7,13H2,1H3,(H,14,16). The topological polar surface area (TPSA) is 84.6 Å². The van der Waals surface area contributed by atoms with Gasteiger partial charge < -0.3 is 20.9 Å². The van der Waals surface area contributed by atoms with Gasteiger partial charge in [-0.25, -0.2) is 0 Å². The number of carbonyl (C=O) groups excluding carboxylic acids is 1. The maximum absolute atomic E-state index is 11.7. The van der Waals surface area contributed by atoms with Gasteiger partial charge in [-0.2, -0.15) is 0 Å². The minimum Gasteiger partial charge on any atom is -0.508 e. The number of aromatic hydroxyl groups is 1. The zero-order chi connectivity index (χ0) is 12.7. The molecule has 0 aliphatic rings. The number of amides is 1. The predicted molar refractivity (Wildman–Crippen MR) is 66.0 cm³/mol. The molecule has 0 aliphatic heterocycles. The molecule has 1 amide bonds. The number of benzene rings is 1. The molecule has 0 atom stereocenters. The number of rotatable bonds is 6. The van der Waals surface area contributed by atoms with E-state index in [0.717, 1.165) is 12.8 Å². The number of anilines is 1. The Kier molecular flexibility index (Phi) is 5.29. The Morgan fingerprint density at radius 3 is 2.94 bits per heavy atom. The summed E-state index contributed by atoms with van der Waals surface area (Å²) in [5, 5.41) is 12.0. The summed E-state index contributed by atoms with van der Waals surface area (Å²) in [7, 11) is 1.64. The number of methoxy groups -OCH3 is 1. The zero-order valence-electron chi connectivity index (χ0n) is 9.90. The van der Waals surface area contributed by atoms with Crippen LogP contribution >= 0.6 is 0 Å². The monoisotopic (exact) mass is 238 g/mol. The van der Waals surface area contributed by atoms with E-state index in [9.17, 15) is 9.90 Å². The van der Waals surface area contributed by atoms with E-state index in [1.165, 1.54) is 18.2 Å². The Hall–Kier alpha value is -1.75. The molecular weight excluding hydrogens is 220 g/mol. The fraction of sp³-hybridized carbons (Fsp3) is 0.417. The van der Waals surface area contributed by atoms with Gasteiger partial charge in [-0.1, -0.05) is 0 Å². The summed E-state index contributed by atoms with van der Waals surface area (Å²) in [4.78, 5) is 11.7. The molecule has 1 rings (SSSR count). The Morgan fingerprint density at radius 1 is 1.47 bits per heavy atom. The number of unbranched alkanes of at least 4 members (excludes halogenated alkanes) is 1. The highest BCUT2D eigenvalue weighted by Gasteiger charge is 2.09. The van der Waals surface area contributed by atoms with Crippen molar-refractivity contribution < 1.29 is 14.6 Å². The molecule has 0 aliphatic carbocycles. The minimum absolute atomic E-state index is 0.0312. The number of ether oxygens (including phenoxy) is 1. The predicted octanol–water partition coefficient (Wildman–Crippen LogP) is 1.13. The Balaban J connectivity index is 2.44. The fourth-order valence-corrected chi connectivity index (χ4v) is 1.41. The molecule has 0 unspecified atom stereocenters. The number of nitrogens with two attached hydrogens (primary N) is 1. The molecule has 0 radical (unpaired) electrons. The van der Waals surface area contributed by atoms with Crippen LogP contribution in [0.2, 0.25) is 0 Å². The van der Waals surface area contributed by atoms with E-state index in [0.29, 0.717) is 24.4 Å². The van der Waals surface area contributed by atoms with E-state index < -0.39 is 0 Å². The second-order valence-electron chi connectivity index (χ2n) is 3.73. The Labute approximate surface area is 101 Å². The van der Waals surface area contributed by atoms with Crippen LogP contribution in [0.3, 0.4) is 0 Å². The van der Waals surface area contributed by atoms with Crippen LogP contribution in [0, 0.1) is 0 Å². The van der Waals surface area contributed by atoms with Gasteiger partial charge in [0.15, 0.2) is 0 Å². The third kappa shape index (κ3) is 4.32. The Morgan fingerprint density at radius 2 is 2.24 bits per heavy atom. The Bertz CT molecular complexity index is 380. The molecule has 94 valence electrons. The van der Waals surface area contributed by atoms with Gasteiger partial charge >= 0.3 is 0 Å². The van der Waals surface area contributed by atoms with Crippen LogP contribution in [0.4, 0.5) is 5.69 Å². The molecule has 0 saturated heterocycles. The van der Waals surface area contributed by atoms with Crippen LogP contribution in [0.1, 0.15) is 23.2 Å². The highest BCUT2D eigenvalue weighted by atomic mass is 16.5. The molecule has 0 spiro atoms. The van der Waals surface area contributed by atoms with E-state index in [4.69, 9.17) is 10.5 Å². The van der Waals surface area contributed by atoms with Gasteiger partial charge in [0.05, 0.1) is 5.56 Å². The second-order valence-corrected chi connectivity index (χ2v) is 3.73. The van der Waals surface area contributed by atoms with Gasteiger partial charge in [0, 0.05) is 25.9 Å². The first kappa shape index (κ1) is 13.3. The molecule has 1 aromatic carbocycles.